The first-order valence-electron chi connectivity index (χ1n) is 7.69. The monoisotopic (exact) mass is 344 g/mol. The van der Waals surface area contributed by atoms with E-state index in [2.05, 4.69) is 25.3 Å². The highest BCUT2D eigenvalue weighted by atomic mass is 16.1. The molecule has 0 saturated heterocycles. The van der Waals surface area contributed by atoms with Gasteiger partial charge in [0.05, 0.1) is 11.1 Å². The number of nitrogens with two attached hydrogens (primary N) is 1. The van der Waals surface area contributed by atoms with E-state index < -0.39 is 0 Å². The molecule has 0 aliphatic heterocycles. The molecule has 2 N–H and O–H groups in total. The van der Waals surface area contributed by atoms with Crippen molar-refractivity contribution in [2.45, 2.75) is 13.8 Å². The zero-order valence-corrected chi connectivity index (χ0v) is 13.9. The first-order valence-corrected chi connectivity index (χ1v) is 7.69. The van der Waals surface area contributed by atoms with Crippen molar-refractivity contribution in [3.8, 4) is 17.2 Å². The molecule has 9 heteroatoms. The normalized spacial score (nSPS) is 11.0. The number of nitrogen functional groups attached to an aromatic ring is 1. The van der Waals surface area contributed by atoms with E-state index in [4.69, 9.17) is 11.0 Å². The van der Waals surface area contributed by atoms with Gasteiger partial charge < -0.3 is 5.73 Å². The number of fused-ring (bicyclic) bond motifs is 3. The predicted octanol–water partition coefficient (Wildman–Crippen LogP) is 1.70. The second-order valence-electron chi connectivity index (χ2n) is 5.72. The summed E-state index contributed by atoms with van der Waals surface area (Å²) in [5.41, 5.74) is 9.00. The van der Waals surface area contributed by atoms with Gasteiger partial charge in [-0.15, -0.1) is 15.3 Å². The van der Waals surface area contributed by atoms with Crippen LogP contribution in [0.5, 0.6) is 0 Å². The number of hydrogen-bond acceptors (Lipinski definition) is 8. The van der Waals surface area contributed by atoms with Crippen molar-refractivity contribution in [1.29, 1.82) is 5.26 Å². The zero-order chi connectivity index (χ0) is 18.4. The summed E-state index contributed by atoms with van der Waals surface area (Å²) >= 11 is 0. The van der Waals surface area contributed by atoms with E-state index in [1.54, 1.807) is 25.4 Å². The Labute approximate surface area is 147 Å². The summed E-state index contributed by atoms with van der Waals surface area (Å²) in [7, 11) is 0. The Morgan fingerprint density at radius 2 is 2.15 bits per heavy atom. The van der Waals surface area contributed by atoms with Crippen molar-refractivity contribution in [3.63, 3.8) is 0 Å². The number of hydrogen-bond donors (Lipinski definition) is 1. The molecule has 0 radical (unpaired) electrons. The van der Waals surface area contributed by atoms with Crippen LogP contribution in [-0.2, 0) is 0 Å². The molecule has 9 nitrogen and oxygen atoms in total. The van der Waals surface area contributed by atoms with Crippen LogP contribution in [0.2, 0.25) is 0 Å². The van der Waals surface area contributed by atoms with Crippen LogP contribution in [0.3, 0.4) is 0 Å². The number of pyridine rings is 2. The molecule has 4 rings (SSSR count). The second-order valence-corrected chi connectivity index (χ2v) is 5.72. The van der Waals surface area contributed by atoms with E-state index in [0.29, 0.717) is 33.5 Å². The Morgan fingerprint density at radius 3 is 2.81 bits per heavy atom. The summed E-state index contributed by atoms with van der Waals surface area (Å²) < 4.78 is 1.33. The number of carbonyl (C=O) groups is 1. The lowest BCUT2D eigenvalue weighted by atomic mass is 9.95. The maximum atomic E-state index is 12.3. The van der Waals surface area contributed by atoms with Crippen molar-refractivity contribution < 1.29 is 4.79 Å². The number of nitrogens with zero attached hydrogens (tertiary/aromatic N) is 7. The predicted molar refractivity (Wildman–Crippen MR) is 93.2 cm³/mol. The van der Waals surface area contributed by atoms with Crippen LogP contribution in [0, 0.1) is 18.3 Å². The van der Waals surface area contributed by atoms with E-state index in [1.165, 1.54) is 11.4 Å². The van der Waals surface area contributed by atoms with Crippen molar-refractivity contribution in [1.82, 2.24) is 29.8 Å². The Hall–Kier alpha value is -3.93. The first kappa shape index (κ1) is 15.6. The Bertz CT molecular complexity index is 1240. The maximum Gasteiger partial charge on any atom is 0.205 e. The van der Waals surface area contributed by atoms with Crippen LogP contribution in [0.15, 0.2) is 24.5 Å². The number of ketones is 1. The third kappa shape index (κ3) is 2.09. The number of aryl methyl sites for hydroxylation is 1. The number of rotatable bonds is 2. The fraction of sp³-hybridized carbons (Fsp3) is 0.118. The van der Waals surface area contributed by atoms with E-state index in [-0.39, 0.29) is 17.3 Å². The van der Waals surface area contributed by atoms with Crippen LogP contribution in [-0.4, -0.2) is 35.6 Å². The SMILES string of the molecule is CC(=O)c1c(C)nc2nn3c(N)c(C#N)nnc3c2c1-c1cccnc1. The molecule has 4 heterocycles. The van der Waals surface area contributed by atoms with Gasteiger partial charge in [0.1, 0.15) is 6.07 Å². The maximum absolute atomic E-state index is 12.3. The van der Waals surface area contributed by atoms with Crippen LogP contribution >= 0.6 is 0 Å². The summed E-state index contributed by atoms with van der Waals surface area (Å²) in [6.45, 7) is 3.23. The summed E-state index contributed by atoms with van der Waals surface area (Å²) in [6.07, 6.45) is 3.31. The summed E-state index contributed by atoms with van der Waals surface area (Å²) in [4.78, 5) is 20.9. The zero-order valence-electron chi connectivity index (χ0n) is 13.9. The highest BCUT2D eigenvalue weighted by Gasteiger charge is 2.24. The largest absolute Gasteiger partial charge is 0.381 e. The smallest absolute Gasteiger partial charge is 0.205 e. The molecule has 0 aromatic carbocycles. The number of nitriles is 1. The molecular weight excluding hydrogens is 332 g/mol. The van der Waals surface area contributed by atoms with Gasteiger partial charge in [0, 0.05) is 29.1 Å². The topological polar surface area (TPSA) is 136 Å². The van der Waals surface area contributed by atoms with Gasteiger partial charge in [-0.05, 0) is 19.9 Å². The minimum absolute atomic E-state index is 0.0308. The highest BCUT2D eigenvalue weighted by Crippen LogP contribution is 2.35. The quantitative estimate of drug-likeness (QED) is 0.543. The van der Waals surface area contributed by atoms with Crippen molar-refractivity contribution in [2.75, 3.05) is 5.73 Å². The number of Topliss-reactive ketones (excluding diaryl/α,β-unsaturated/α-hetero) is 1. The first-order chi connectivity index (χ1) is 12.5. The number of carbonyl (C=O) groups excluding carboxylic acids is 1. The highest BCUT2D eigenvalue weighted by molar-refractivity contribution is 6.13. The van der Waals surface area contributed by atoms with Gasteiger partial charge in [0.15, 0.2) is 22.9 Å². The van der Waals surface area contributed by atoms with Gasteiger partial charge in [0.2, 0.25) is 5.69 Å². The summed E-state index contributed by atoms with van der Waals surface area (Å²) in [5.74, 6) is -0.0701. The fourth-order valence-corrected chi connectivity index (χ4v) is 3.04. The van der Waals surface area contributed by atoms with Gasteiger partial charge in [-0.2, -0.15) is 9.78 Å². The average Bonchev–Trinajstić information content (AvgIpc) is 3.00. The van der Waals surface area contributed by atoms with Crippen molar-refractivity contribution >= 4 is 28.3 Å². The second kappa shape index (κ2) is 5.56. The molecule has 4 aromatic rings. The van der Waals surface area contributed by atoms with Gasteiger partial charge in [0.25, 0.3) is 0 Å². The molecule has 0 spiro atoms. The van der Waals surface area contributed by atoms with Crippen LogP contribution < -0.4 is 5.73 Å². The van der Waals surface area contributed by atoms with Gasteiger partial charge in [-0.25, -0.2) is 4.98 Å². The van der Waals surface area contributed by atoms with Crippen LogP contribution in [0.4, 0.5) is 5.82 Å². The van der Waals surface area contributed by atoms with E-state index >= 15 is 0 Å². The molecule has 126 valence electrons. The molecule has 0 aliphatic carbocycles. The van der Waals surface area contributed by atoms with Crippen molar-refractivity contribution in [2.24, 2.45) is 0 Å². The molecule has 4 aromatic heterocycles. The third-order valence-electron chi connectivity index (χ3n) is 4.10. The van der Waals surface area contributed by atoms with Crippen molar-refractivity contribution in [3.05, 3.63) is 41.5 Å². The molecule has 0 amide bonds. The lowest BCUT2D eigenvalue weighted by Crippen LogP contribution is -2.06. The Balaban J connectivity index is 2.26. The molecule has 0 saturated carbocycles. The summed E-state index contributed by atoms with van der Waals surface area (Å²) in [6, 6.07) is 5.50. The van der Waals surface area contributed by atoms with Crippen LogP contribution in [0.25, 0.3) is 27.8 Å². The Morgan fingerprint density at radius 1 is 1.35 bits per heavy atom. The lowest BCUT2D eigenvalue weighted by molar-refractivity contribution is 0.101. The molecule has 0 unspecified atom stereocenters. The minimum atomic E-state index is -0.135. The molecule has 0 bridgehead atoms. The molecular formula is C17H12N8O. The minimum Gasteiger partial charge on any atom is -0.381 e. The van der Waals surface area contributed by atoms with Gasteiger partial charge >= 0.3 is 0 Å². The molecule has 0 aliphatic rings. The van der Waals surface area contributed by atoms with Gasteiger partial charge in [-0.3, -0.25) is 9.78 Å². The Kier molecular flexibility index (Phi) is 3.33. The molecule has 0 fully saturated rings. The lowest BCUT2D eigenvalue weighted by Gasteiger charge is -2.10. The molecule has 26 heavy (non-hydrogen) atoms. The average molecular weight is 344 g/mol. The number of aromatic nitrogens is 6. The van der Waals surface area contributed by atoms with Crippen LogP contribution in [0.1, 0.15) is 28.7 Å². The van der Waals surface area contributed by atoms with E-state index in [0.717, 1.165) is 5.56 Å². The number of anilines is 1. The summed E-state index contributed by atoms with van der Waals surface area (Å²) in [5, 5.41) is 22.0. The van der Waals surface area contributed by atoms with Gasteiger partial charge in [-0.1, -0.05) is 6.07 Å². The fourth-order valence-electron chi connectivity index (χ4n) is 3.04. The standard InChI is InChI=1S/C17H12N8O/c1-8-12(9(2)26)13(10-4-3-5-20-7-10)14-16(21-8)24-25-15(19)11(6-18)22-23-17(14)25/h3-5,7H,19H2,1-2H3. The van der Waals surface area contributed by atoms with E-state index in [1.807, 2.05) is 12.1 Å². The molecule has 0 atom stereocenters. The third-order valence-corrected chi connectivity index (χ3v) is 4.10. The van der Waals surface area contributed by atoms with E-state index in [9.17, 15) is 4.79 Å².